The highest BCUT2D eigenvalue weighted by atomic mass is 35.5. The fourth-order valence-corrected chi connectivity index (χ4v) is 2.19. The Morgan fingerprint density at radius 1 is 1.32 bits per heavy atom. The number of nitrogens with one attached hydrogen (secondary N) is 1. The Labute approximate surface area is 118 Å². The summed E-state index contributed by atoms with van der Waals surface area (Å²) in [6.07, 6.45) is 4.34. The summed E-state index contributed by atoms with van der Waals surface area (Å²) < 4.78 is 5.41. The van der Waals surface area contributed by atoms with Crippen molar-refractivity contribution >= 4 is 17.3 Å². The summed E-state index contributed by atoms with van der Waals surface area (Å²) in [6, 6.07) is 9.91. The summed E-state index contributed by atoms with van der Waals surface area (Å²) >= 11 is 6.15. The SMILES string of the molecule is CCC(Nc1cnccc1Cl)c1ccccc1OC. The third-order valence-electron chi connectivity index (χ3n) is 3.02. The van der Waals surface area contributed by atoms with Crippen LogP contribution in [-0.4, -0.2) is 12.1 Å². The molecule has 19 heavy (non-hydrogen) atoms. The van der Waals surface area contributed by atoms with Gasteiger partial charge in [-0.1, -0.05) is 36.7 Å². The van der Waals surface area contributed by atoms with Crippen molar-refractivity contribution in [3.05, 3.63) is 53.3 Å². The molecule has 1 heterocycles. The van der Waals surface area contributed by atoms with E-state index in [0.717, 1.165) is 23.4 Å². The third-order valence-corrected chi connectivity index (χ3v) is 3.35. The number of ether oxygens (including phenoxy) is 1. The Balaban J connectivity index is 2.28. The molecular weight excluding hydrogens is 260 g/mol. The Kier molecular flexibility index (Phi) is 4.63. The van der Waals surface area contributed by atoms with Gasteiger partial charge in [-0.25, -0.2) is 0 Å². The first kappa shape index (κ1) is 13.7. The first-order chi connectivity index (χ1) is 9.26. The molecule has 0 saturated heterocycles. The number of pyridine rings is 1. The van der Waals surface area contributed by atoms with E-state index < -0.39 is 0 Å². The number of hydrogen-bond donors (Lipinski definition) is 1. The normalized spacial score (nSPS) is 11.9. The highest BCUT2D eigenvalue weighted by Crippen LogP contribution is 2.31. The molecule has 1 aromatic carbocycles. The van der Waals surface area contributed by atoms with Crippen molar-refractivity contribution < 1.29 is 4.74 Å². The lowest BCUT2D eigenvalue weighted by Gasteiger charge is -2.21. The average molecular weight is 277 g/mol. The zero-order valence-electron chi connectivity index (χ0n) is 11.1. The molecule has 0 saturated carbocycles. The molecule has 1 atom stereocenters. The topological polar surface area (TPSA) is 34.2 Å². The van der Waals surface area contributed by atoms with Crippen molar-refractivity contribution in [2.75, 3.05) is 12.4 Å². The zero-order valence-corrected chi connectivity index (χ0v) is 11.8. The summed E-state index contributed by atoms with van der Waals surface area (Å²) in [5.41, 5.74) is 1.95. The van der Waals surface area contributed by atoms with Crippen LogP contribution >= 0.6 is 11.6 Å². The van der Waals surface area contributed by atoms with Gasteiger partial charge in [-0.15, -0.1) is 0 Å². The van der Waals surface area contributed by atoms with Crippen molar-refractivity contribution in [3.8, 4) is 5.75 Å². The van der Waals surface area contributed by atoms with Crippen LogP contribution in [0.4, 0.5) is 5.69 Å². The van der Waals surface area contributed by atoms with Gasteiger partial charge in [0.15, 0.2) is 0 Å². The van der Waals surface area contributed by atoms with E-state index in [0.29, 0.717) is 5.02 Å². The monoisotopic (exact) mass is 276 g/mol. The van der Waals surface area contributed by atoms with Crippen LogP contribution < -0.4 is 10.1 Å². The van der Waals surface area contributed by atoms with Crippen molar-refractivity contribution in [3.63, 3.8) is 0 Å². The maximum atomic E-state index is 6.15. The molecule has 3 nitrogen and oxygen atoms in total. The number of rotatable bonds is 5. The van der Waals surface area contributed by atoms with Crippen molar-refractivity contribution in [2.45, 2.75) is 19.4 Å². The van der Waals surface area contributed by atoms with E-state index in [1.807, 2.05) is 18.2 Å². The van der Waals surface area contributed by atoms with Gasteiger partial charge in [-0.3, -0.25) is 4.98 Å². The molecule has 0 spiro atoms. The van der Waals surface area contributed by atoms with Crippen LogP contribution in [-0.2, 0) is 0 Å². The number of aromatic nitrogens is 1. The second-order valence-electron chi connectivity index (χ2n) is 4.20. The molecule has 2 aromatic rings. The molecule has 4 heteroatoms. The standard InChI is InChI=1S/C15H17ClN2O/c1-3-13(11-6-4-5-7-15(11)19-2)18-14-10-17-9-8-12(14)16/h4-10,13,18H,3H2,1-2H3. The second-order valence-corrected chi connectivity index (χ2v) is 4.61. The number of para-hydroxylation sites is 1. The molecule has 0 amide bonds. The number of nitrogens with zero attached hydrogens (tertiary/aromatic N) is 1. The van der Waals surface area contributed by atoms with Crippen molar-refractivity contribution in [1.29, 1.82) is 0 Å². The van der Waals surface area contributed by atoms with Gasteiger partial charge < -0.3 is 10.1 Å². The first-order valence-electron chi connectivity index (χ1n) is 6.25. The van der Waals surface area contributed by atoms with Crippen LogP contribution in [0.3, 0.4) is 0 Å². The van der Waals surface area contributed by atoms with E-state index in [1.165, 1.54) is 0 Å². The number of benzene rings is 1. The molecule has 0 aliphatic carbocycles. The van der Waals surface area contributed by atoms with Gasteiger partial charge in [0.1, 0.15) is 5.75 Å². The highest BCUT2D eigenvalue weighted by molar-refractivity contribution is 6.33. The maximum Gasteiger partial charge on any atom is 0.124 e. The van der Waals surface area contributed by atoms with Gasteiger partial charge in [-0.2, -0.15) is 0 Å². The lowest BCUT2D eigenvalue weighted by Crippen LogP contribution is -2.11. The molecule has 100 valence electrons. The largest absolute Gasteiger partial charge is 0.496 e. The average Bonchev–Trinajstić information content (AvgIpc) is 2.46. The highest BCUT2D eigenvalue weighted by Gasteiger charge is 2.14. The lowest BCUT2D eigenvalue weighted by atomic mass is 10.0. The summed E-state index contributed by atoms with van der Waals surface area (Å²) in [6.45, 7) is 2.12. The van der Waals surface area contributed by atoms with E-state index in [4.69, 9.17) is 16.3 Å². The predicted octanol–water partition coefficient (Wildman–Crippen LogP) is 4.31. The molecule has 1 unspecified atom stereocenters. The molecule has 0 fully saturated rings. The molecule has 1 aromatic heterocycles. The maximum absolute atomic E-state index is 6.15. The minimum Gasteiger partial charge on any atom is -0.496 e. The Morgan fingerprint density at radius 3 is 2.79 bits per heavy atom. The van der Waals surface area contributed by atoms with Crippen LogP contribution in [0.5, 0.6) is 5.75 Å². The van der Waals surface area contributed by atoms with Crippen LogP contribution in [0.2, 0.25) is 5.02 Å². The molecule has 0 radical (unpaired) electrons. The van der Waals surface area contributed by atoms with Gasteiger partial charge in [0.05, 0.1) is 30.1 Å². The number of anilines is 1. The van der Waals surface area contributed by atoms with Gasteiger partial charge in [0.2, 0.25) is 0 Å². The molecule has 1 N–H and O–H groups in total. The molecule has 0 aliphatic heterocycles. The van der Waals surface area contributed by atoms with Gasteiger partial charge in [-0.05, 0) is 18.6 Å². The minimum atomic E-state index is 0.137. The zero-order chi connectivity index (χ0) is 13.7. The Morgan fingerprint density at radius 2 is 2.11 bits per heavy atom. The number of hydrogen-bond acceptors (Lipinski definition) is 3. The van der Waals surface area contributed by atoms with Gasteiger partial charge >= 0.3 is 0 Å². The fraction of sp³-hybridized carbons (Fsp3) is 0.267. The molecule has 0 aliphatic rings. The molecular formula is C15H17ClN2O. The summed E-state index contributed by atoms with van der Waals surface area (Å²) in [4.78, 5) is 4.09. The molecule has 2 rings (SSSR count). The smallest absolute Gasteiger partial charge is 0.124 e. The van der Waals surface area contributed by atoms with Crippen LogP contribution in [0.15, 0.2) is 42.7 Å². The fourth-order valence-electron chi connectivity index (χ4n) is 2.03. The second kappa shape index (κ2) is 6.43. The van der Waals surface area contributed by atoms with E-state index in [1.54, 1.807) is 25.6 Å². The summed E-state index contributed by atoms with van der Waals surface area (Å²) in [7, 11) is 1.68. The van der Waals surface area contributed by atoms with Crippen LogP contribution in [0, 0.1) is 0 Å². The summed E-state index contributed by atoms with van der Waals surface area (Å²) in [5.74, 6) is 0.877. The summed E-state index contributed by atoms with van der Waals surface area (Å²) in [5, 5.41) is 4.08. The first-order valence-corrected chi connectivity index (χ1v) is 6.63. The quantitative estimate of drug-likeness (QED) is 0.884. The van der Waals surface area contributed by atoms with Gasteiger partial charge in [0.25, 0.3) is 0 Å². The van der Waals surface area contributed by atoms with E-state index >= 15 is 0 Å². The Hall–Kier alpha value is -1.74. The Bertz CT molecular complexity index is 545. The van der Waals surface area contributed by atoms with E-state index in [-0.39, 0.29) is 6.04 Å². The van der Waals surface area contributed by atoms with Crippen molar-refractivity contribution in [1.82, 2.24) is 4.98 Å². The van der Waals surface area contributed by atoms with Crippen LogP contribution in [0.1, 0.15) is 24.9 Å². The number of methoxy groups -OCH3 is 1. The van der Waals surface area contributed by atoms with E-state index in [9.17, 15) is 0 Å². The van der Waals surface area contributed by atoms with Crippen LogP contribution in [0.25, 0.3) is 0 Å². The van der Waals surface area contributed by atoms with Gasteiger partial charge in [0, 0.05) is 11.8 Å². The van der Waals surface area contributed by atoms with Crippen molar-refractivity contribution in [2.24, 2.45) is 0 Å². The lowest BCUT2D eigenvalue weighted by molar-refractivity contribution is 0.406. The number of halogens is 1. The van der Waals surface area contributed by atoms with E-state index in [2.05, 4.69) is 23.3 Å². The molecule has 0 bridgehead atoms. The third kappa shape index (κ3) is 3.18. The predicted molar refractivity (Wildman–Crippen MR) is 78.9 cm³/mol. The minimum absolute atomic E-state index is 0.137.